The van der Waals surface area contributed by atoms with Crippen LogP contribution in [0.2, 0.25) is 0 Å². The summed E-state index contributed by atoms with van der Waals surface area (Å²) in [5.41, 5.74) is 1.05. The van der Waals surface area contributed by atoms with Gasteiger partial charge in [-0.05, 0) is 11.6 Å². The predicted octanol–water partition coefficient (Wildman–Crippen LogP) is 1.51. The molecule has 3 nitrogen and oxygen atoms in total. The first-order valence-corrected chi connectivity index (χ1v) is 6.44. The summed E-state index contributed by atoms with van der Waals surface area (Å²) < 4.78 is 27.6. The number of ether oxygens (including phenoxy) is 1. The van der Waals surface area contributed by atoms with Crippen LogP contribution in [-0.4, -0.2) is 20.3 Å². The third-order valence-corrected chi connectivity index (χ3v) is 3.57. The van der Waals surface area contributed by atoms with Gasteiger partial charge in [-0.25, -0.2) is 8.42 Å². The van der Waals surface area contributed by atoms with E-state index in [1.807, 2.05) is 30.3 Å². The summed E-state index contributed by atoms with van der Waals surface area (Å²) in [7, 11) is -3.01. The van der Waals surface area contributed by atoms with Crippen molar-refractivity contribution in [3.05, 3.63) is 47.4 Å². The largest absolute Gasteiger partial charge is 0.368 e. The van der Waals surface area contributed by atoms with E-state index in [0.29, 0.717) is 6.61 Å². The summed E-state index contributed by atoms with van der Waals surface area (Å²) in [6, 6.07) is 9.70. The van der Waals surface area contributed by atoms with E-state index in [2.05, 4.69) is 0 Å². The standard InChI is InChI=1S/C11H12O3S/c12-15(13)7-6-11(9-15)14-8-10-4-2-1-3-5-10/h1-7,11H,8-9H2. The minimum absolute atomic E-state index is 0.0693. The summed E-state index contributed by atoms with van der Waals surface area (Å²) >= 11 is 0. The predicted molar refractivity (Wildman–Crippen MR) is 57.9 cm³/mol. The molecule has 1 aromatic carbocycles. The molecule has 1 aliphatic heterocycles. The van der Waals surface area contributed by atoms with Crippen LogP contribution >= 0.6 is 0 Å². The molecule has 0 saturated carbocycles. The van der Waals surface area contributed by atoms with E-state index < -0.39 is 9.84 Å². The number of benzene rings is 1. The maximum Gasteiger partial charge on any atom is 0.174 e. The van der Waals surface area contributed by atoms with Gasteiger partial charge in [0.1, 0.15) is 0 Å². The maximum atomic E-state index is 11.1. The number of hydrogen-bond donors (Lipinski definition) is 0. The molecule has 0 radical (unpaired) electrons. The molecule has 0 bridgehead atoms. The van der Waals surface area contributed by atoms with Crippen LogP contribution in [0.1, 0.15) is 5.56 Å². The maximum absolute atomic E-state index is 11.1. The zero-order chi connectivity index (χ0) is 10.7. The lowest BCUT2D eigenvalue weighted by molar-refractivity contribution is 0.0876. The highest BCUT2D eigenvalue weighted by molar-refractivity contribution is 7.94. The van der Waals surface area contributed by atoms with Crippen molar-refractivity contribution in [3.63, 3.8) is 0 Å². The van der Waals surface area contributed by atoms with E-state index in [-0.39, 0.29) is 11.9 Å². The van der Waals surface area contributed by atoms with E-state index >= 15 is 0 Å². The lowest BCUT2D eigenvalue weighted by Crippen LogP contribution is -2.14. The van der Waals surface area contributed by atoms with Crippen molar-refractivity contribution < 1.29 is 13.2 Å². The van der Waals surface area contributed by atoms with Gasteiger partial charge in [0.05, 0.1) is 18.5 Å². The fourth-order valence-corrected chi connectivity index (χ4v) is 2.62. The molecule has 0 saturated heterocycles. The van der Waals surface area contributed by atoms with Crippen LogP contribution in [0.15, 0.2) is 41.8 Å². The second-order valence-electron chi connectivity index (χ2n) is 3.49. The van der Waals surface area contributed by atoms with Gasteiger partial charge in [-0.1, -0.05) is 30.3 Å². The first kappa shape index (κ1) is 10.4. The summed E-state index contributed by atoms with van der Waals surface area (Å²) in [4.78, 5) is 0. The van der Waals surface area contributed by atoms with Gasteiger partial charge >= 0.3 is 0 Å². The molecule has 1 atom stereocenters. The SMILES string of the molecule is O=S1(=O)C=CC(OCc2ccccc2)C1. The number of sulfone groups is 1. The van der Waals surface area contributed by atoms with Crippen molar-refractivity contribution in [2.24, 2.45) is 0 Å². The average molecular weight is 224 g/mol. The van der Waals surface area contributed by atoms with E-state index in [1.54, 1.807) is 6.08 Å². The fourth-order valence-electron chi connectivity index (χ4n) is 1.43. The molecule has 1 aliphatic rings. The van der Waals surface area contributed by atoms with Crippen molar-refractivity contribution in [2.75, 3.05) is 5.75 Å². The fraction of sp³-hybridized carbons (Fsp3) is 0.273. The summed E-state index contributed by atoms with van der Waals surface area (Å²) in [6.45, 7) is 0.450. The molecule has 80 valence electrons. The highest BCUT2D eigenvalue weighted by atomic mass is 32.2. The highest BCUT2D eigenvalue weighted by Crippen LogP contribution is 2.13. The Bertz CT molecular complexity index is 448. The molecule has 15 heavy (non-hydrogen) atoms. The van der Waals surface area contributed by atoms with Gasteiger partial charge in [0.2, 0.25) is 0 Å². The lowest BCUT2D eigenvalue weighted by Gasteiger charge is -2.08. The molecule has 1 aromatic rings. The zero-order valence-corrected chi connectivity index (χ0v) is 8.98. The van der Waals surface area contributed by atoms with Crippen molar-refractivity contribution in [1.29, 1.82) is 0 Å². The quantitative estimate of drug-likeness (QED) is 0.781. The number of rotatable bonds is 3. The molecule has 0 fully saturated rings. The van der Waals surface area contributed by atoms with E-state index in [9.17, 15) is 8.42 Å². The van der Waals surface area contributed by atoms with Crippen LogP contribution < -0.4 is 0 Å². The molecule has 2 rings (SSSR count). The van der Waals surface area contributed by atoms with Gasteiger partial charge in [-0.2, -0.15) is 0 Å². The molecule has 0 aromatic heterocycles. The molecule has 1 unspecified atom stereocenters. The Hall–Kier alpha value is -1.13. The van der Waals surface area contributed by atoms with Crippen LogP contribution in [0.3, 0.4) is 0 Å². The van der Waals surface area contributed by atoms with Crippen LogP contribution in [-0.2, 0) is 21.2 Å². The topological polar surface area (TPSA) is 43.4 Å². The van der Waals surface area contributed by atoms with Crippen molar-refractivity contribution in [2.45, 2.75) is 12.7 Å². The Morgan fingerprint density at radius 2 is 2.00 bits per heavy atom. The van der Waals surface area contributed by atoms with Gasteiger partial charge in [-0.3, -0.25) is 0 Å². The monoisotopic (exact) mass is 224 g/mol. The lowest BCUT2D eigenvalue weighted by atomic mass is 10.2. The van der Waals surface area contributed by atoms with E-state index in [4.69, 9.17) is 4.74 Å². The Morgan fingerprint density at radius 3 is 2.60 bits per heavy atom. The molecule has 0 aliphatic carbocycles. The van der Waals surface area contributed by atoms with E-state index in [0.717, 1.165) is 5.56 Å². The second-order valence-corrected chi connectivity index (χ2v) is 5.42. The molecular formula is C11H12O3S. The van der Waals surface area contributed by atoms with Gasteiger partial charge in [0, 0.05) is 5.41 Å². The average Bonchev–Trinajstić information content (AvgIpc) is 2.57. The highest BCUT2D eigenvalue weighted by Gasteiger charge is 2.21. The van der Waals surface area contributed by atoms with Crippen LogP contribution in [0.25, 0.3) is 0 Å². The summed E-state index contributed by atoms with van der Waals surface area (Å²) in [6.07, 6.45) is 1.30. The molecule has 0 amide bonds. The van der Waals surface area contributed by atoms with Crippen molar-refractivity contribution >= 4 is 9.84 Å². The Labute approximate surface area is 89.3 Å². The Morgan fingerprint density at radius 1 is 1.27 bits per heavy atom. The van der Waals surface area contributed by atoms with Crippen LogP contribution in [0.4, 0.5) is 0 Å². The van der Waals surface area contributed by atoms with Crippen molar-refractivity contribution in [1.82, 2.24) is 0 Å². The first-order valence-electron chi connectivity index (χ1n) is 4.72. The third kappa shape index (κ3) is 2.91. The molecule has 1 heterocycles. The number of hydrogen-bond acceptors (Lipinski definition) is 3. The van der Waals surface area contributed by atoms with Gasteiger partial charge in [0.15, 0.2) is 9.84 Å². The molecule has 4 heteroatoms. The Kier molecular flexibility index (Phi) is 2.88. The molecule has 0 N–H and O–H groups in total. The van der Waals surface area contributed by atoms with Gasteiger partial charge in [0.25, 0.3) is 0 Å². The van der Waals surface area contributed by atoms with Crippen molar-refractivity contribution in [3.8, 4) is 0 Å². The summed E-state index contributed by atoms with van der Waals surface area (Å²) in [5, 5.41) is 1.22. The van der Waals surface area contributed by atoms with E-state index in [1.165, 1.54) is 5.41 Å². The Balaban J connectivity index is 1.89. The minimum atomic E-state index is -3.01. The zero-order valence-electron chi connectivity index (χ0n) is 8.17. The van der Waals surface area contributed by atoms with Crippen LogP contribution in [0.5, 0.6) is 0 Å². The molecular weight excluding hydrogens is 212 g/mol. The van der Waals surface area contributed by atoms with Gasteiger partial charge in [-0.15, -0.1) is 0 Å². The smallest absolute Gasteiger partial charge is 0.174 e. The second kappa shape index (κ2) is 4.16. The normalized spacial score (nSPS) is 23.1. The van der Waals surface area contributed by atoms with Crippen LogP contribution in [0, 0.1) is 0 Å². The summed E-state index contributed by atoms with van der Waals surface area (Å²) in [5.74, 6) is 0.0693. The molecule has 0 spiro atoms. The first-order chi connectivity index (χ1) is 7.16. The van der Waals surface area contributed by atoms with Gasteiger partial charge < -0.3 is 4.74 Å². The third-order valence-electron chi connectivity index (χ3n) is 2.20. The minimum Gasteiger partial charge on any atom is -0.368 e.